The molecule has 0 amide bonds. The molecular weight excluding hydrogens is 222 g/mol. The third-order valence-electron chi connectivity index (χ3n) is 4.32. The van der Waals surface area contributed by atoms with Gasteiger partial charge in [-0.05, 0) is 19.8 Å². The van der Waals surface area contributed by atoms with Crippen LogP contribution in [0.15, 0.2) is 0 Å². The molecule has 0 spiro atoms. The molecule has 18 heavy (non-hydrogen) atoms. The van der Waals surface area contributed by atoms with Crippen LogP contribution in [-0.2, 0) is 4.74 Å². The summed E-state index contributed by atoms with van der Waals surface area (Å²) >= 11 is 0. The van der Waals surface area contributed by atoms with Gasteiger partial charge in [-0.2, -0.15) is 0 Å². The molecular formula is C16H35NO. The molecule has 2 N–H and O–H groups in total. The van der Waals surface area contributed by atoms with Crippen molar-refractivity contribution < 1.29 is 4.74 Å². The number of unbranched alkanes of at least 4 members (excludes halogenated alkanes) is 7. The predicted octanol–water partition coefficient (Wildman–Crippen LogP) is 4.66. The highest BCUT2D eigenvalue weighted by atomic mass is 16.5. The fourth-order valence-corrected chi connectivity index (χ4v) is 2.36. The number of nitrogens with two attached hydrogens (primary N) is 1. The summed E-state index contributed by atoms with van der Waals surface area (Å²) in [7, 11) is 1.77. The van der Waals surface area contributed by atoms with Gasteiger partial charge >= 0.3 is 0 Å². The van der Waals surface area contributed by atoms with Crippen LogP contribution in [-0.4, -0.2) is 18.8 Å². The van der Waals surface area contributed by atoms with Crippen molar-refractivity contribution in [3.63, 3.8) is 0 Å². The van der Waals surface area contributed by atoms with E-state index in [1.165, 1.54) is 51.4 Å². The van der Waals surface area contributed by atoms with E-state index in [-0.39, 0.29) is 11.6 Å². The zero-order valence-electron chi connectivity index (χ0n) is 13.1. The zero-order chi connectivity index (χ0) is 13.9. The summed E-state index contributed by atoms with van der Waals surface area (Å²) in [5.74, 6) is 0. The van der Waals surface area contributed by atoms with E-state index >= 15 is 0 Å². The van der Waals surface area contributed by atoms with Crippen LogP contribution in [0.4, 0.5) is 0 Å². The van der Waals surface area contributed by atoms with E-state index in [0.29, 0.717) is 0 Å². The Morgan fingerprint density at radius 2 is 1.44 bits per heavy atom. The van der Waals surface area contributed by atoms with Gasteiger partial charge in [0.25, 0.3) is 0 Å². The van der Waals surface area contributed by atoms with Gasteiger partial charge in [0, 0.05) is 13.2 Å². The Hall–Kier alpha value is -0.0800. The average molecular weight is 257 g/mol. The van der Waals surface area contributed by atoms with Gasteiger partial charge in [0.15, 0.2) is 0 Å². The minimum absolute atomic E-state index is 0.138. The molecule has 0 bridgehead atoms. The molecule has 2 heteroatoms. The lowest BCUT2D eigenvalue weighted by atomic mass is 9.89. The van der Waals surface area contributed by atoms with Crippen LogP contribution in [0.2, 0.25) is 0 Å². The van der Waals surface area contributed by atoms with Crippen LogP contribution >= 0.6 is 0 Å². The first-order valence-electron chi connectivity index (χ1n) is 7.91. The maximum atomic E-state index is 6.23. The number of ether oxygens (including phenoxy) is 1. The van der Waals surface area contributed by atoms with Crippen molar-refractivity contribution in [3.05, 3.63) is 0 Å². The van der Waals surface area contributed by atoms with Gasteiger partial charge in [-0.15, -0.1) is 0 Å². The highest BCUT2D eigenvalue weighted by Crippen LogP contribution is 2.22. The molecule has 0 radical (unpaired) electrons. The fraction of sp³-hybridized carbons (Fsp3) is 1.00. The number of rotatable bonds is 12. The molecule has 0 aromatic carbocycles. The second-order valence-electron chi connectivity index (χ2n) is 5.74. The summed E-state index contributed by atoms with van der Waals surface area (Å²) < 4.78 is 5.55. The van der Waals surface area contributed by atoms with Crippen molar-refractivity contribution >= 4 is 0 Å². The van der Waals surface area contributed by atoms with Gasteiger partial charge in [-0.1, -0.05) is 65.2 Å². The van der Waals surface area contributed by atoms with Gasteiger partial charge in [0.05, 0.1) is 5.60 Å². The molecule has 0 fully saturated rings. The van der Waals surface area contributed by atoms with E-state index in [2.05, 4.69) is 20.8 Å². The molecule has 110 valence electrons. The molecule has 0 heterocycles. The molecule has 0 saturated heterocycles. The number of methoxy groups -OCH3 is 1. The van der Waals surface area contributed by atoms with Crippen LogP contribution in [0, 0.1) is 0 Å². The smallest absolute Gasteiger partial charge is 0.0798 e. The van der Waals surface area contributed by atoms with Crippen LogP contribution in [0.3, 0.4) is 0 Å². The monoisotopic (exact) mass is 257 g/mol. The Bertz CT molecular complexity index is 178. The molecule has 0 saturated carbocycles. The molecule has 2 unspecified atom stereocenters. The summed E-state index contributed by atoms with van der Waals surface area (Å²) in [4.78, 5) is 0. The maximum absolute atomic E-state index is 6.23. The Kier molecular flexibility index (Phi) is 10.8. The van der Waals surface area contributed by atoms with E-state index in [9.17, 15) is 0 Å². The summed E-state index contributed by atoms with van der Waals surface area (Å²) in [6.45, 7) is 6.54. The van der Waals surface area contributed by atoms with Crippen molar-refractivity contribution in [2.75, 3.05) is 7.11 Å². The van der Waals surface area contributed by atoms with Crippen LogP contribution in [0.25, 0.3) is 0 Å². The standard InChI is InChI=1S/C16H35NO/c1-5-7-8-9-10-11-12-13-14-15(17)16(3,6-2)18-4/h15H,5-14,17H2,1-4H3. The summed E-state index contributed by atoms with van der Waals surface area (Å²) in [6, 6.07) is 0.174. The number of hydrogen-bond acceptors (Lipinski definition) is 2. The summed E-state index contributed by atoms with van der Waals surface area (Å²) in [5.41, 5.74) is 6.09. The molecule has 2 atom stereocenters. The van der Waals surface area contributed by atoms with Crippen molar-refractivity contribution in [1.29, 1.82) is 0 Å². The minimum atomic E-state index is -0.138. The molecule has 0 aliphatic rings. The Morgan fingerprint density at radius 3 is 1.89 bits per heavy atom. The zero-order valence-corrected chi connectivity index (χ0v) is 13.1. The Labute approximate surface area is 115 Å². The van der Waals surface area contributed by atoms with Crippen molar-refractivity contribution in [3.8, 4) is 0 Å². The molecule has 0 aromatic rings. The highest BCUT2D eigenvalue weighted by Gasteiger charge is 2.28. The van der Waals surface area contributed by atoms with Crippen LogP contribution in [0.1, 0.15) is 85.0 Å². The molecule has 2 nitrogen and oxygen atoms in total. The lowest BCUT2D eigenvalue weighted by Crippen LogP contribution is -2.46. The van der Waals surface area contributed by atoms with Gasteiger partial charge in [0.1, 0.15) is 0 Å². The quantitative estimate of drug-likeness (QED) is 0.516. The fourth-order valence-electron chi connectivity index (χ4n) is 2.36. The van der Waals surface area contributed by atoms with E-state index in [0.717, 1.165) is 12.8 Å². The van der Waals surface area contributed by atoms with Gasteiger partial charge in [-0.25, -0.2) is 0 Å². The van der Waals surface area contributed by atoms with E-state index < -0.39 is 0 Å². The SMILES string of the molecule is CCCCCCCCCCC(N)C(C)(CC)OC. The molecule has 0 rings (SSSR count). The molecule has 0 aromatic heterocycles. The summed E-state index contributed by atoms with van der Waals surface area (Å²) in [5, 5.41) is 0. The second kappa shape index (κ2) is 10.8. The third kappa shape index (κ3) is 7.38. The van der Waals surface area contributed by atoms with Crippen molar-refractivity contribution in [1.82, 2.24) is 0 Å². The summed E-state index contributed by atoms with van der Waals surface area (Å²) in [6.07, 6.45) is 13.0. The van der Waals surface area contributed by atoms with Gasteiger partial charge in [-0.3, -0.25) is 0 Å². The van der Waals surface area contributed by atoms with Crippen molar-refractivity contribution in [2.45, 2.75) is 96.6 Å². The Morgan fingerprint density at radius 1 is 0.944 bits per heavy atom. The lowest BCUT2D eigenvalue weighted by Gasteiger charge is -2.33. The third-order valence-corrected chi connectivity index (χ3v) is 4.32. The lowest BCUT2D eigenvalue weighted by molar-refractivity contribution is -0.0211. The largest absolute Gasteiger partial charge is 0.377 e. The van der Waals surface area contributed by atoms with Gasteiger partial charge in [0.2, 0.25) is 0 Å². The predicted molar refractivity (Wildman–Crippen MR) is 80.9 cm³/mol. The second-order valence-corrected chi connectivity index (χ2v) is 5.74. The number of hydrogen-bond donors (Lipinski definition) is 1. The first-order valence-corrected chi connectivity index (χ1v) is 7.91. The van der Waals surface area contributed by atoms with Crippen LogP contribution < -0.4 is 5.73 Å². The van der Waals surface area contributed by atoms with Crippen molar-refractivity contribution in [2.24, 2.45) is 5.73 Å². The normalized spacial score (nSPS) is 16.5. The van der Waals surface area contributed by atoms with E-state index in [1.54, 1.807) is 7.11 Å². The first-order chi connectivity index (χ1) is 8.60. The van der Waals surface area contributed by atoms with E-state index in [4.69, 9.17) is 10.5 Å². The van der Waals surface area contributed by atoms with Gasteiger partial charge < -0.3 is 10.5 Å². The minimum Gasteiger partial charge on any atom is -0.377 e. The average Bonchev–Trinajstić information content (AvgIpc) is 2.40. The highest BCUT2D eigenvalue weighted by molar-refractivity contribution is 4.85. The van der Waals surface area contributed by atoms with Crippen LogP contribution in [0.5, 0.6) is 0 Å². The maximum Gasteiger partial charge on any atom is 0.0798 e. The molecule has 0 aliphatic carbocycles. The van der Waals surface area contributed by atoms with E-state index in [1.807, 2.05) is 0 Å². The molecule has 0 aliphatic heterocycles. The Balaban J connectivity index is 3.48. The first kappa shape index (κ1) is 17.9. The topological polar surface area (TPSA) is 35.2 Å².